The minimum absolute atomic E-state index is 0.00574. The molecule has 370 valence electrons. The van der Waals surface area contributed by atoms with Gasteiger partial charge in [-0.3, -0.25) is 24.7 Å². The zero-order chi connectivity index (χ0) is 48.6. The van der Waals surface area contributed by atoms with E-state index in [1.54, 1.807) is 12.3 Å². The van der Waals surface area contributed by atoms with Gasteiger partial charge in [-0.15, -0.1) is 0 Å². The molecular weight excluding hydrogens is 932 g/mol. The fraction of sp³-hybridized carbons (Fsp3) is 0.462. The number of halogens is 1. The number of piperazine rings is 1. The maximum absolute atomic E-state index is 14.5. The second-order valence-corrected chi connectivity index (χ2v) is 22.1. The normalized spacial score (nSPS) is 21.5. The average Bonchev–Trinajstić information content (AvgIpc) is 3.72. The van der Waals surface area contributed by atoms with Crippen molar-refractivity contribution in [2.24, 2.45) is 5.41 Å². The fourth-order valence-corrected chi connectivity index (χ4v) is 12.0. The number of nitro groups is 1. The highest BCUT2D eigenvalue weighted by atomic mass is 35.5. The number of morpholine rings is 1. The Labute approximate surface area is 414 Å². The second kappa shape index (κ2) is 20.2. The summed E-state index contributed by atoms with van der Waals surface area (Å²) in [4.78, 5) is 43.0. The third kappa shape index (κ3) is 10.5. The number of carbonyl (C=O) groups is 1. The maximum Gasteiger partial charge on any atom is 0.312 e. The lowest BCUT2D eigenvalue weighted by molar-refractivity contribution is -0.386. The SMILES string of the molecule is CC1(C)CCC(CN2CCN(c3ccc(C(=O)NS(=O)(=O)c4ccc(O[C@H]5CC[C@@H](N6CCOCC6)CC5)c([N+](=O)[O-])c4)c(N4CCCOc5nc6[nH]ccc6cc54)c3)CC2)=C(c2ccc(Cl)cc2)C1. The molecule has 0 unspecified atom stereocenters. The number of carbonyl (C=O) groups excluding carboxylic acids is 1. The largest absolute Gasteiger partial charge is 0.484 e. The molecule has 5 aromatic rings. The van der Waals surface area contributed by atoms with Crippen LogP contribution in [0.4, 0.5) is 22.7 Å². The van der Waals surface area contributed by atoms with Crippen LogP contribution in [0, 0.1) is 15.5 Å². The van der Waals surface area contributed by atoms with Gasteiger partial charge in [0.25, 0.3) is 15.9 Å². The third-order valence-corrected chi connectivity index (χ3v) is 16.3. The molecule has 1 amide bonds. The molecule has 1 saturated carbocycles. The number of benzene rings is 3. The minimum atomic E-state index is -4.61. The number of H-pyrrole nitrogens is 1. The van der Waals surface area contributed by atoms with Crippen molar-refractivity contribution < 1.29 is 32.3 Å². The molecule has 10 rings (SSSR count). The van der Waals surface area contributed by atoms with Gasteiger partial charge in [0.05, 0.1) is 47.0 Å². The number of pyridine rings is 1. The Kier molecular flexibility index (Phi) is 13.8. The van der Waals surface area contributed by atoms with Crippen molar-refractivity contribution in [2.45, 2.75) is 82.3 Å². The van der Waals surface area contributed by atoms with Gasteiger partial charge in [0, 0.05) is 86.8 Å². The molecule has 5 heterocycles. The number of aromatic nitrogens is 2. The second-order valence-electron chi connectivity index (χ2n) is 20.0. The summed E-state index contributed by atoms with van der Waals surface area (Å²) in [6.45, 7) is 12.8. The Balaban J connectivity index is 0.893. The minimum Gasteiger partial charge on any atom is -0.484 e. The van der Waals surface area contributed by atoms with Crippen LogP contribution in [0.5, 0.6) is 11.6 Å². The van der Waals surface area contributed by atoms with Crippen molar-refractivity contribution in [1.29, 1.82) is 0 Å². The van der Waals surface area contributed by atoms with Gasteiger partial charge >= 0.3 is 5.69 Å². The highest BCUT2D eigenvalue weighted by molar-refractivity contribution is 7.90. The Morgan fingerprint density at radius 1 is 0.929 bits per heavy atom. The van der Waals surface area contributed by atoms with E-state index in [2.05, 4.69) is 50.4 Å². The molecule has 0 radical (unpaired) electrons. The number of fused-ring (bicyclic) bond motifs is 2. The molecule has 3 fully saturated rings. The lowest BCUT2D eigenvalue weighted by Crippen LogP contribution is -2.47. The molecule has 2 N–H and O–H groups in total. The zero-order valence-electron chi connectivity index (χ0n) is 39.8. The predicted octanol–water partition coefficient (Wildman–Crippen LogP) is 8.97. The number of allylic oxidation sites excluding steroid dienone is 1. The number of nitrogens with zero attached hydrogens (tertiary/aromatic N) is 6. The van der Waals surface area contributed by atoms with Crippen molar-refractivity contribution in [3.8, 4) is 11.6 Å². The van der Waals surface area contributed by atoms with E-state index in [9.17, 15) is 23.3 Å². The van der Waals surface area contributed by atoms with E-state index in [0.717, 1.165) is 113 Å². The first kappa shape index (κ1) is 47.9. The van der Waals surface area contributed by atoms with Gasteiger partial charge < -0.3 is 29.0 Å². The molecule has 0 atom stereocenters. The number of ether oxygens (including phenoxy) is 3. The van der Waals surface area contributed by atoms with Crippen molar-refractivity contribution in [3.63, 3.8) is 0 Å². The molecule has 3 aromatic carbocycles. The van der Waals surface area contributed by atoms with Crippen LogP contribution in [0.1, 0.15) is 81.1 Å². The highest BCUT2D eigenvalue weighted by Crippen LogP contribution is 2.44. The Hall–Kier alpha value is -5.72. The fourth-order valence-electron chi connectivity index (χ4n) is 10.8. The number of rotatable bonds is 12. The summed E-state index contributed by atoms with van der Waals surface area (Å²) in [6.07, 6.45) is 8.58. The van der Waals surface area contributed by atoms with Gasteiger partial charge in [-0.2, -0.15) is 4.98 Å². The van der Waals surface area contributed by atoms with Gasteiger partial charge in [0.2, 0.25) is 5.88 Å². The summed E-state index contributed by atoms with van der Waals surface area (Å²) >= 11 is 6.28. The number of aromatic amines is 1. The van der Waals surface area contributed by atoms with Crippen LogP contribution in [0.25, 0.3) is 16.6 Å². The molecule has 2 aromatic heterocycles. The van der Waals surface area contributed by atoms with Gasteiger partial charge in [0.15, 0.2) is 5.75 Å². The van der Waals surface area contributed by atoms with Gasteiger partial charge in [-0.25, -0.2) is 13.1 Å². The van der Waals surface area contributed by atoms with E-state index in [4.69, 9.17) is 30.8 Å². The Morgan fingerprint density at radius 2 is 1.70 bits per heavy atom. The van der Waals surface area contributed by atoms with Gasteiger partial charge in [0.1, 0.15) is 11.3 Å². The van der Waals surface area contributed by atoms with E-state index in [1.165, 1.54) is 28.8 Å². The lowest BCUT2D eigenvalue weighted by atomic mass is 9.72. The molecule has 2 saturated heterocycles. The summed E-state index contributed by atoms with van der Waals surface area (Å²) in [5.74, 6) is -0.494. The smallest absolute Gasteiger partial charge is 0.312 e. The Morgan fingerprint density at radius 3 is 2.46 bits per heavy atom. The molecule has 2 aliphatic carbocycles. The number of nitrogens with one attached hydrogen (secondary N) is 2. The standard InChI is InChI=1S/C52H61ClN8O8S/c1-52(2)18-16-37(44(33-52)35-4-6-38(53)7-5-35)34-57-21-23-58(24-22-57)40-10-14-43(45(31-40)60-20-3-27-68-51-47(60)30-36-17-19-54-49(36)55-51)50(62)56-70(65,66)42-13-15-48(46(32-42)61(63)64)69-41-11-8-39(9-12-41)59-25-28-67-29-26-59/h4-7,10,13-15,17,19,30-32,39,41H,3,8-9,11-12,16,18,20-29,33-34H2,1-2H3,(H,54,55)(H,56,62)/t39-,41+. The van der Waals surface area contributed by atoms with Crippen molar-refractivity contribution in [1.82, 2.24) is 24.5 Å². The van der Waals surface area contributed by atoms with E-state index < -0.39 is 31.4 Å². The van der Waals surface area contributed by atoms with Crippen LogP contribution < -0.4 is 24.0 Å². The monoisotopic (exact) mass is 992 g/mol. The number of hydrogen-bond donors (Lipinski definition) is 2. The quantitative estimate of drug-likeness (QED) is 0.0896. The lowest BCUT2D eigenvalue weighted by Gasteiger charge is -2.39. The van der Waals surface area contributed by atoms with Crippen LogP contribution in [0.15, 0.2) is 89.5 Å². The molecule has 70 heavy (non-hydrogen) atoms. The first-order valence-electron chi connectivity index (χ1n) is 24.6. The molecule has 3 aliphatic heterocycles. The average molecular weight is 994 g/mol. The van der Waals surface area contributed by atoms with Crippen LogP contribution in [0.2, 0.25) is 5.02 Å². The first-order valence-corrected chi connectivity index (χ1v) is 26.4. The van der Waals surface area contributed by atoms with Crippen LogP contribution in [-0.2, 0) is 14.8 Å². The topological polar surface area (TPSA) is 176 Å². The summed E-state index contributed by atoms with van der Waals surface area (Å²) in [7, 11) is -4.61. The first-order chi connectivity index (χ1) is 33.8. The number of nitro benzene ring substituents is 1. The van der Waals surface area contributed by atoms with E-state index in [-0.39, 0.29) is 22.8 Å². The molecule has 0 bridgehead atoms. The van der Waals surface area contributed by atoms with Crippen LogP contribution in [0.3, 0.4) is 0 Å². The van der Waals surface area contributed by atoms with Crippen molar-refractivity contribution in [2.75, 3.05) is 82.0 Å². The molecular formula is C52H61ClN8O8S. The van der Waals surface area contributed by atoms with Gasteiger partial charge in [-0.05, 0) is 123 Å². The predicted molar refractivity (Wildman–Crippen MR) is 271 cm³/mol. The van der Waals surface area contributed by atoms with Crippen molar-refractivity contribution >= 4 is 66.9 Å². The van der Waals surface area contributed by atoms with Crippen LogP contribution in [-0.4, -0.2) is 123 Å². The van der Waals surface area contributed by atoms with E-state index >= 15 is 0 Å². The summed E-state index contributed by atoms with van der Waals surface area (Å²) in [5, 5.41) is 14.0. The summed E-state index contributed by atoms with van der Waals surface area (Å²) in [6, 6.07) is 21.5. The Bertz CT molecular complexity index is 2890. The zero-order valence-corrected chi connectivity index (χ0v) is 41.4. The highest BCUT2D eigenvalue weighted by Gasteiger charge is 2.34. The van der Waals surface area contributed by atoms with E-state index in [0.29, 0.717) is 61.7 Å². The van der Waals surface area contributed by atoms with Crippen molar-refractivity contribution in [3.05, 3.63) is 111 Å². The van der Waals surface area contributed by atoms with Crippen LogP contribution >= 0.6 is 11.6 Å². The molecule has 18 heteroatoms. The summed E-state index contributed by atoms with van der Waals surface area (Å²) < 4.78 is 48.3. The molecule has 16 nitrogen and oxygen atoms in total. The number of sulfonamides is 1. The molecule has 0 spiro atoms. The third-order valence-electron chi connectivity index (χ3n) is 14.7. The number of amides is 1. The van der Waals surface area contributed by atoms with Gasteiger partial charge in [-0.1, -0.05) is 43.2 Å². The molecule has 5 aliphatic rings. The maximum atomic E-state index is 14.5. The summed E-state index contributed by atoms with van der Waals surface area (Å²) in [5.41, 5.74) is 6.65. The number of anilines is 3. The number of hydrogen-bond acceptors (Lipinski definition) is 13. The van der Waals surface area contributed by atoms with E-state index in [1.807, 2.05) is 41.3 Å².